The van der Waals surface area contributed by atoms with Crippen molar-refractivity contribution < 1.29 is 19.5 Å². The Kier molecular flexibility index (Phi) is 7.09. The monoisotopic (exact) mass is 557 g/mol. The van der Waals surface area contributed by atoms with Gasteiger partial charge in [0.2, 0.25) is 17.7 Å². The largest absolute Gasteiger partial charge is 0.396 e. The van der Waals surface area contributed by atoms with Gasteiger partial charge in [-0.15, -0.1) is 11.8 Å². The Morgan fingerprint density at radius 1 is 0.975 bits per heavy atom. The molecule has 0 aliphatic carbocycles. The number of aliphatic hydroxyl groups is 1. The molecular weight excluding hydrogens is 522 g/mol. The summed E-state index contributed by atoms with van der Waals surface area (Å²) in [4.78, 5) is 43.6. The Morgan fingerprint density at radius 3 is 2.50 bits per heavy atom. The Hall–Kier alpha value is -3.36. The van der Waals surface area contributed by atoms with Crippen LogP contribution >= 0.6 is 11.8 Å². The number of nitrogens with one attached hydrogen (secondary N) is 2. The molecule has 5 atom stereocenters. The summed E-state index contributed by atoms with van der Waals surface area (Å²) in [5.41, 5.74) is 1.69. The third-order valence-electron chi connectivity index (χ3n) is 8.94. The Balaban J connectivity index is 1.30. The Morgan fingerprint density at radius 2 is 1.73 bits per heavy atom. The van der Waals surface area contributed by atoms with Crippen LogP contribution in [0.25, 0.3) is 10.8 Å². The summed E-state index contributed by atoms with van der Waals surface area (Å²) < 4.78 is -1.08. The van der Waals surface area contributed by atoms with Crippen LogP contribution in [0, 0.1) is 11.8 Å². The molecule has 2 bridgehead atoms. The molecule has 3 saturated heterocycles. The van der Waals surface area contributed by atoms with Gasteiger partial charge in [0.15, 0.2) is 0 Å². The molecule has 0 aromatic heterocycles. The summed E-state index contributed by atoms with van der Waals surface area (Å²) in [5.74, 6) is -1.52. The second-order valence-electron chi connectivity index (χ2n) is 11.4. The number of carbonyl (C=O) groups is 3. The van der Waals surface area contributed by atoms with E-state index in [1.165, 1.54) is 0 Å². The number of aliphatic hydroxyl groups excluding tert-OH is 1. The predicted octanol–water partition coefficient (Wildman–Crippen LogP) is 4.35. The number of amides is 3. The molecule has 8 heteroatoms. The molecule has 6 rings (SSSR count). The van der Waals surface area contributed by atoms with E-state index in [9.17, 15) is 19.5 Å². The number of likely N-dealkylation sites (tertiary alicyclic amines) is 1. The SMILES string of the molecule is C[C@]12CCC3(S1)C(C(=O)Nc1ccc4ccccc4c1)N(CCCCO)C(=O)[C@@H]3[C@H]2C(=O)NCc1ccccc1. The lowest BCUT2D eigenvalue weighted by Crippen LogP contribution is -2.52. The van der Waals surface area contributed by atoms with E-state index in [1.54, 1.807) is 16.7 Å². The maximum absolute atomic E-state index is 14.1. The fourth-order valence-corrected chi connectivity index (χ4v) is 9.49. The lowest BCUT2D eigenvalue weighted by atomic mass is 9.66. The van der Waals surface area contributed by atoms with Gasteiger partial charge in [-0.25, -0.2) is 0 Å². The van der Waals surface area contributed by atoms with E-state index in [0.717, 1.165) is 22.8 Å². The zero-order chi connectivity index (χ0) is 27.9. The van der Waals surface area contributed by atoms with Crippen molar-refractivity contribution in [3.05, 3.63) is 78.4 Å². The van der Waals surface area contributed by atoms with Crippen LogP contribution in [0.5, 0.6) is 0 Å². The van der Waals surface area contributed by atoms with Crippen LogP contribution in [0.15, 0.2) is 72.8 Å². The summed E-state index contributed by atoms with van der Waals surface area (Å²) in [6.45, 7) is 2.89. The molecule has 3 aliphatic heterocycles. The molecule has 3 amide bonds. The molecule has 3 aromatic rings. The van der Waals surface area contributed by atoms with Gasteiger partial charge in [-0.2, -0.15) is 0 Å². The van der Waals surface area contributed by atoms with Crippen molar-refractivity contribution in [3.8, 4) is 0 Å². The fourth-order valence-electron chi connectivity index (χ4n) is 7.13. The van der Waals surface area contributed by atoms with E-state index in [4.69, 9.17) is 0 Å². The average Bonchev–Trinajstić information content (AvgIpc) is 3.53. The molecule has 3 N–H and O–H groups in total. The van der Waals surface area contributed by atoms with Crippen LogP contribution in [-0.2, 0) is 20.9 Å². The zero-order valence-corrected chi connectivity index (χ0v) is 23.5. The Bertz CT molecular complexity index is 1450. The molecule has 3 heterocycles. The van der Waals surface area contributed by atoms with Crippen LogP contribution in [-0.4, -0.2) is 56.4 Å². The Labute approximate surface area is 238 Å². The van der Waals surface area contributed by atoms with Gasteiger partial charge >= 0.3 is 0 Å². The minimum absolute atomic E-state index is 0.0297. The van der Waals surface area contributed by atoms with Crippen LogP contribution in [0.2, 0.25) is 0 Å². The topological polar surface area (TPSA) is 98.7 Å². The van der Waals surface area contributed by atoms with E-state index in [1.807, 2.05) is 72.8 Å². The highest BCUT2D eigenvalue weighted by Gasteiger charge is 2.76. The number of thioether (sulfide) groups is 1. The highest BCUT2D eigenvalue weighted by Crippen LogP contribution is 2.71. The zero-order valence-electron chi connectivity index (χ0n) is 22.6. The van der Waals surface area contributed by atoms with Crippen molar-refractivity contribution in [1.29, 1.82) is 0 Å². The number of benzene rings is 3. The summed E-state index contributed by atoms with van der Waals surface area (Å²) in [7, 11) is 0. The van der Waals surface area contributed by atoms with E-state index in [-0.39, 0.29) is 24.3 Å². The fraction of sp³-hybridized carbons (Fsp3) is 0.406. The standard InChI is InChI=1S/C32H35N3O4S/c1-31-15-16-32(40-31)26(25(31)28(37)33-20-21-9-3-2-4-10-21)30(39)35(17-7-8-18-36)27(32)29(38)34-24-14-13-22-11-5-6-12-23(22)19-24/h2-6,9-14,19,25-27,36H,7-8,15-18,20H2,1H3,(H,33,37)(H,34,38)/t25-,26-,27?,31+,32?/m0/s1. The van der Waals surface area contributed by atoms with Crippen molar-refractivity contribution >= 4 is 45.9 Å². The number of hydrogen-bond donors (Lipinski definition) is 3. The van der Waals surface area contributed by atoms with Gasteiger partial charge in [0, 0.05) is 30.1 Å². The third kappa shape index (κ3) is 4.47. The average molecular weight is 558 g/mol. The van der Waals surface area contributed by atoms with Gasteiger partial charge < -0.3 is 20.6 Å². The minimum Gasteiger partial charge on any atom is -0.396 e. The second-order valence-corrected chi connectivity index (χ2v) is 13.3. The molecular formula is C32H35N3O4S. The van der Waals surface area contributed by atoms with E-state index >= 15 is 0 Å². The lowest BCUT2D eigenvalue weighted by molar-refractivity contribution is -0.140. The molecule has 7 nitrogen and oxygen atoms in total. The van der Waals surface area contributed by atoms with Crippen molar-refractivity contribution in [1.82, 2.24) is 10.2 Å². The summed E-state index contributed by atoms with van der Waals surface area (Å²) in [6, 6.07) is 22.9. The van der Waals surface area contributed by atoms with Crippen molar-refractivity contribution in [2.45, 2.75) is 54.7 Å². The lowest BCUT2D eigenvalue weighted by Gasteiger charge is -2.35. The van der Waals surface area contributed by atoms with E-state index in [0.29, 0.717) is 38.0 Å². The first kappa shape index (κ1) is 26.8. The first-order valence-electron chi connectivity index (χ1n) is 14.1. The maximum Gasteiger partial charge on any atom is 0.248 e. The molecule has 3 aromatic carbocycles. The molecule has 0 radical (unpaired) electrons. The number of carbonyl (C=O) groups excluding carboxylic acids is 3. The molecule has 0 saturated carbocycles. The minimum atomic E-state index is -0.686. The van der Waals surface area contributed by atoms with Crippen LogP contribution in [0.1, 0.15) is 38.2 Å². The normalized spacial score (nSPS) is 28.6. The summed E-state index contributed by atoms with van der Waals surface area (Å²) in [5, 5.41) is 17.7. The highest BCUT2D eigenvalue weighted by atomic mass is 32.2. The number of fused-ring (bicyclic) bond motifs is 2. The second kappa shape index (κ2) is 10.6. The number of anilines is 1. The van der Waals surface area contributed by atoms with E-state index in [2.05, 4.69) is 17.6 Å². The van der Waals surface area contributed by atoms with Gasteiger partial charge in [0.05, 0.1) is 16.6 Å². The molecule has 1 spiro atoms. The van der Waals surface area contributed by atoms with Crippen molar-refractivity contribution in [2.24, 2.45) is 11.8 Å². The molecule has 2 unspecified atom stereocenters. The van der Waals surface area contributed by atoms with Gasteiger partial charge in [0.25, 0.3) is 0 Å². The number of unbranched alkanes of at least 4 members (excludes halogenated alkanes) is 1. The summed E-state index contributed by atoms with van der Waals surface area (Å²) >= 11 is 1.67. The molecule has 208 valence electrons. The van der Waals surface area contributed by atoms with Crippen LogP contribution < -0.4 is 10.6 Å². The van der Waals surface area contributed by atoms with Crippen molar-refractivity contribution in [3.63, 3.8) is 0 Å². The van der Waals surface area contributed by atoms with Gasteiger partial charge in [-0.3, -0.25) is 14.4 Å². The predicted molar refractivity (Wildman–Crippen MR) is 158 cm³/mol. The van der Waals surface area contributed by atoms with Gasteiger partial charge in [0.1, 0.15) is 6.04 Å². The smallest absolute Gasteiger partial charge is 0.248 e. The number of hydrogen-bond acceptors (Lipinski definition) is 5. The van der Waals surface area contributed by atoms with Gasteiger partial charge in [-0.1, -0.05) is 60.7 Å². The first-order valence-corrected chi connectivity index (χ1v) is 14.9. The quantitative estimate of drug-likeness (QED) is 0.340. The highest BCUT2D eigenvalue weighted by molar-refractivity contribution is 8.02. The number of rotatable bonds is 9. The van der Waals surface area contributed by atoms with E-state index < -0.39 is 27.4 Å². The van der Waals surface area contributed by atoms with Gasteiger partial charge in [-0.05, 0) is 61.1 Å². The van der Waals surface area contributed by atoms with Crippen LogP contribution in [0.3, 0.4) is 0 Å². The van der Waals surface area contributed by atoms with Crippen LogP contribution in [0.4, 0.5) is 5.69 Å². The van der Waals surface area contributed by atoms with Crippen molar-refractivity contribution in [2.75, 3.05) is 18.5 Å². The molecule has 3 fully saturated rings. The summed E-state index contributed by atoms with van der Waals surface area (Å²) in [6.07, 6.45) is 2.62. The number of nitrogens with zero attached hydrogens (tertiary/aromatic N) is 1. The molecule has 3 aliphatic rings. The maximum atomic E-state index is 14.1. The third-order valence-corrected chi connectivity index (χ3v) is 10.9. The first-order chi connectivity index (χ1) is 19.4. The molecule has 40 heavy (non-hydrogen) atoms.